The molecule has 6 heteroatoms. The second kappa shape index (κ2) is 10.6. The van der Waals surface area contributed by atoms with E-state index in [1.54, 1.807) is 0 Å². The maximum atomic E-state index is 13.1. The van der Waals surface area contributed by atoms with Crippen LogP contribution in [-0.4, -0.2) is 0 Å². The van der Waals surface area contributed by atoms with Crippen LogP contribution >= 0.6 is 22.7 Å². The molecule has 0 saturated heterocycles. The Bertz CT molecular complexity index is 2320. The molecular weight excluding hydrogens is 585 g/mol. The van der Waals surface area contributed by atoms with Gasteiger partial charge in [0.25, 0.3) is 0 Å². The first kappa shape index (κ1) is 27.1. The lowest BCUT2D eigenvalue weighted by Crippen LogP contribution is -2.02. The minimum Gasteiger partial charge on any atom is -0.422 e. The van der Waals surface area contributed by atoms with Crippen LogP contribution in [0.3, 0.4) is 0 Å². The Labute approximate surface area is 260 Å². The van der Waals surface area contributed by atoms with E-state index in [1.165, 1.54) is 33.8 Å². The van der Waals surface area contributed by atoms with Gasteiger partial charge in [0.05, 0.1) is 11.1 Å². The summed E-state index contributed by atoms with van der Waals surface area (Å²) in [4.78, 5) is 27.9. The minimum atomic E-state index is -0.349. The number of benzene rings is 4. The van der Waals surface area contributed by atoms with Crippen LogP contribution in [0.15, 0.2) is 103 Å². The van der Waals surface area contributed by atoms with Crippen LogP contribution in [0.4, 0.5) is 0 Å². The lowest BCUT2D eigenvalue weighted by Gasteiger charge is -2.07. The maximum Gasteiger partial charge on any atom is 0.345 e. The average molecular weight is 613 g/mol. The Morgan fingerprint density at radius 1 is 0.523 bits per heavy atom. The number of aryl methyl sites for hydroxylation is 2. The summed E-state index contributed by atoms with van der Waals surface area (Å²) in [5.74, 6) is 0. The van der Waals surface area contributed by atoms with Crippen molar-refractivity contribution in [1.29, 1.82) is 0 Å². The summed E-state index contributed by atoms with van der Waals surface area (Å²) in [5.41, 5.74) is 4.20. The van der Waals surface area contributed by atoms with Gasteiger partial charge in [-0.3, -0.25) is 0 Å². The molecule has 0 aliphatic carbocycles. The van der Waals surface area contributed by atoms with Crippen molar-refractivity contribution in [2.45, 2.75) is 39.5 Å². The molecule has 0 aliphatic heterocycles. The Morgan fingerprint density at radius 3 is 1.41 bits per heavy atom. The van der Waals surface area contributed by atoms with Crippen molar-refractivity contribution in [3.05, 3.63) is 117 Å². The normalized spacial score (nSPS) is 12.0. The fourth-order valence-corrected chi connectivity index (χ4v) is 8.70. The number of fused-ring (bicyclic) bond motifs is 7. The predicted molar refractivity (Wildman–Crippen MR) is 186 cm³/mol. The Kier molecular flexibility index (Phi) is 6.51. The second-order valence-corrected chi connectivity index (χ2v) is 13.6. The van der Waals surface area contributed by atoms with Crippen molar-refractivity contribution in [1.82, 2.24) is 0 Å². The van der Waals surface area contributed by atoms with Crippen LogP contribution < -0.4 is 11.3 Å². The van der Waals surface area contributed by atoms with Gasteiger partial charge in [0.15, 0.2) is 0 Å². The van der Waals surface area contributed by atoms with Gasteiger partial charge in [0, 0.05) is 29.9 Å². The maximum absolute atomic E-state index is 13.1. The molecule has 0 amide bonds. The molecule has 0 N–H and O–H groups in total. The number of hydrogen-bond acceptors (Lipinski definition) is 6. The number of thiophene rings is 2. The molecule has 4 heterocycles. The van der Waals surface area contributed by atoms with Gasteiger partial charge in [-0.15, -0.1) is 22.7 Å². The molecular formula is C38H28O4S2. The minimum absolute atomic E-state index is 0.349. The van der Waals surface area contributed by atoms with Crippen LogP contribution in [0.5, 0.6) is 0 Å². The topological polar surface area (TPSA) is 60.4 Å². The van der Waals surface area contributed by atoms with Gasteiger partial charge >= 0.3 is 11.3 Å². The Hall–Kier alpha value is -4.52. The summed E-state index contributed by atoms with van der Waals surface area (Å²) in [7, 11) is 0. The molecule has 4 aromatic carbocycles. The van der Waals surface area contributed by atoms with Gasteiger partial charge in [-0.2, -0.15) is 0 Å². The van der Waals surface area contributed by atoms with E-state index in [1.807, 2.05) is 48.5 Å². The molecule has 0 aliphatic rings. The van der Waals surface area contributed by atoms with E-state index in [-0.39, 0.29) is 11.3 Å². The highest BCUT2D eigenvalue weighted by atomic mass is 32.1. The zero-order valence-corrected chi connectivity index (χ0v) is 26.0. The second-order valence-electron chi connectivity index (χ2n) is 11.4. The Morgan fingerprint density at radius 2 is 0.977 bits per heavy atom. The summed E-state index contributed by atoms with van der Waals surface area (Å²) >= 11 is 3.08. The third kappa shape index (κ3) is 4.48. The van der Waals surface area contributed by atoms with E-state index in [0.29, 0.717) is 22.3 Å². The van der Waals surface area contributed by atoms with Crippen LogP contribution in [0.1, 0.15) is 37.8 Å². The standard InChI is InChI=1S/C38H28O4S2/c1-3-5-21-7-11-25-23(15-21)9-13-31-27(25)17-29(37(39)41-31)33-19-35-36(43-33)20-34(44-35)30-18-28-26-12-8-22(6-4-2)16-24(26)10-14-32(28)42-38(30)40/h7-20H,3-6H2,1-2H3. The summed E-state index contributed by atoms with van der Waals surface area (Å²) in [6, 6.07) is 28.9. The molecule has 8 rings (SSSR count). The van der Waals surface area contributed by atoms with Crippen molar-refractivity contribution in [2.24, 2.45) is 0 Å². The summed E-state index contributed by atoms with van der Waals surface area (Å²) in [6.07, 6.45) is 4.26. The first-order valence-electron chi connectivity index (χ1n) is 15.0. The fraction of sp³-hybridized carbons (Fsp3) is 0.158. The third-order valence-corrected chi connectivity index (χ3v) is 10.8. The van der Waals surface area contributed by atoms with Crippen molar-refractivity contribution in [2.75, 3.05) is 0 Å². The van der Waals surface area contributed by atoms with Crippen LogP contribution in [0.25, 0.3) is 73.8 Å². The van der Waals surface area contributed by atoms with Crippen LogP contribution in [-0.2, 0) is 12.8 Å². The van der Waals surface area contributed by atoms with Gasteiger partial charge in [0.2, 0.25) is 0 Å². The molecule has 0 fully saturated rings. The van der Waals surface area contributed by atoms with Crippen LogP contribution in [0, 0.1) is 0 Å². The first-order chi connectivity index (χ1) is 21.5. The highest BCUT2D eigenvalue weighted by Crippen LogP contribution is 2.42. The summed E-state index contributed by atoms with van der Waals surface area (Å²) in [6.45, 7) is 4.36. The summed E-state index contributed by atoms with van der Waals surface area (Å²) in [5, 5.41) is 6.29. The van der Waals surface area contributed by atoms with E-state index < -0.39 is 0 Å². The van der Waals surface area contributed by atoms with Gasteiger partial charge in [-0.25, -0.2) is 9.59 Å². The van der Waals surface area contributed by atoms with E-state index in [9.17, 15) is 9.59 Å². The summed E-state index contributed by atoms with van der Waals surface area (Å²) < 4.78 is 13.7. The zero-order chi connectivity index (χ0) is 29.9. The molecule has 0 unspecified atom stereocenters. The third-order valence-electron chi connectivity index (χ3n) is 8.41. The average Bonchev–Trinajstić information content (AvgIpc) is 3.60. The van der Waals surface area contributed by atoms with E-state index in [0.717, 1.165) is 77.2 Å². The Balaban J connectivity index is 1.21. The number of hydrogen-bond donors (Lipinski definition) is 0. The molecule has 4 nitrogen and oxygen atoms in total. The van der Waals surface area contributed by atoms with Gasteiger partial charge in [-0.1, -0.05) is 75.2 Å². The molecule has 0 atom stereocenters. The highest BCUT2D eigenvalue weighted by Gasteiger charge is 2.18. The molecule has 216 valence electrons. The highest BCUT2D eigenvalue weighted by molar-refractivity contribution is 7.31. The van der Waals surface area contributed by atoms with E-state index in [2.05, 4.69) is 50.2 Å². The molecule has 0 radical (unpaired) electrons. The molecule has 0 saturated carbocycles. The van der Waals surface area contributed by atoms with Gasteiger partial charge in [0.1, 0.15) is 11.2 Å². The molecule has 44 heavy (non-hydrogen) atoms. The molecule has 4 aromatic heterocycles. The SMILES string of the molecule is CCCc1ccc2c(ccc3oc(=O)c(-c4cc5sc(-c6cc7c(ccc8cc(CCC)ccc87)oc6=O)cc5s4)cc32)c1. The van der Waals surface area contributed by atoms with E-state index in [4.69, 9.17) is 8.83 Å². The van der Waals surface area contributed by atoms with Gasteiger partial charge < -0.3 is 8.83 Å². The zero-order valence-electron chi connectivity index (χ0n) is 24.4. The fourth-order valence-electron chi connectivity index (χ4n) is 6.29. The molecule has 0 bridgehead atoms. The lowest BCUT2D eigenvalue weighted by atomic mass is 10.0. The van der Waals surface area contributed by atoms with Crippen molar-refractivity contribution in [3.63, 3.8) is 0 Å². The van der Waals surface area contributed by atoms with Crippen molar-refractivity contribution in [3.8, 4) is 20.9 Å². The van der Waals surface area contributed by atoms with Crippen molar-refractivity contribution < 1.29 is 8.83 Å². The molecule has 8 aromatic rings. The molecule has 0 spiro atoms. The van der Waals surface area contributed by atoms with Crippen molar-refractivity contribution >= 4 is 75.6 Å². The van der Waals surface area contributed by atoms with Gasteiger partial charge in [-0.05, 0) is 81.9 Å². The van der Waals surface area contributed by atoms with Crippen LogP contribution in [0.2, 0.25) is 0 Å². The lowest BCUT2D eigenvalue weighted by molar-refractivity contribution is 0.564. The first-order valence-corrected chi connectivity index (χ1v) is 16.7. The number of rotatable bonds is 6. The smallest absolute Gasteiger partial charge is 0.345 e. The monoisotopic (exact) mass is 612 g/mol. The largest absolute Gasteiger partial charge is 0.422 e. The predicted octanol–water partition coefficient (Wildman–Crippen LogP) is 10.7. The quantitative estimate of drug-likeness (QED) is 0.138. The van der Waals surface area contributed by atoms with E-state index >= 15 is 0 Å².